The van der Waals surface area contributed by atoms with E-state index < -0.39 is 0 Å². The summed E-state index contributed by atoms with van der Waals surface area (Å²) in [6.45, 7) is 2.28. The van der Waals surface area contributed by atoms with Gasteiger partial charge in [-0.05, 0) is 68.5 Å². The van der Waals surface area contributed by atoms with Gasteiger partial charge in [0.1, 0.15) is 5.75 Å². The molecule has 130 valence electrons. The van der Waals surface area contributed by atoms with Crippen LogP contribution in [0.3, 0.4) is 0 Å². The highest BCUT2D eigenvalue weighted by molar-refractivity contribution is 5.53. The number of nitrogens with zero attached hydrogens (tertiary/aromatic N) is 1. The van der Waals surface area contributed by atoms with E-state index in [-0.39, 0.29) is 5.41 Å². The van der Waals surface area contributed by atoms with Gasteiger partial charge in [0.25, 0.3) is 0 Å². The number of allylic oxidation sites excluding steroid dienone is 1. The van der Waals surface area contributed by atoms with E-state index in [2.05, 4.69) is 54.4 Å². The molecule has 0 bridgehead atoms. The molecule has 0 amide bonds. The lowest BCUT2D eigenvalue weighted by atomic mass is 9.58. The van der Waals surface area contributed by atoms with Crippen molar-refractivity contribution in [2.45, 2.75) is 31.1 Å². The lowest BCUT2D eigenvalue weighted by molar-refractivity contribution is 0.0873. The molecule has 1 saturated carbocycles. The van der Waals surface area contributed by atoms with Crippen LogP contribution in [-0.2, 0) is 5.41 Å². The molecular formula is C23H27NO. The van der Waals surface area contributed by atoms with Crippen LogP contribution >= 0.6 is 0 Å². The maximum Gasteiger partial charge on any atom is 0.115 e. The summed E-state index contributed by atoms with van der Waals surface area (Å²) in [4.78, 5) is 2.47. The maximum absolute atomic E-state index is 10.0. The van der Waals surface area contributed by atoms with E-state index in [4.69, 9.17) is 0 Å². The lowest BCUT2D eigenvalue weighted by Crippen LogP contribution is -2.50. The summed E-state index contributed by atoms with van der Waals surface area (Å²) in [6, 6.07) is 18.7. The zero-order chi connectivity index (χ0) is 17.3. The van der Waals surface area contributed by atoms with E-state index in [1.54, 1.807) is 11.6 Å². The molecule has 2 nitrogen and oxygen atoms in total. The second-order valence-corrected chi connectivity index (χ2v) is 7.83. The van der Waals surface area contributed by atoms with Gasteiger partial charge in [-0.15, -0.1) is 0 Å². The summed E-state index contributed by atoms with van der Waals surface area (Å²) in [5.41, 5.74) is 4.44. The predicted octanol–water partition coefficient (Wildman–Crippen LogP) is 4.85. The molecule has 1 aliphatic carbocycles. The van der Waals surface area contributed by atoms with Gasteiger partial charge in [0, 0.05) is 12.0 Å². The van der Waals surface area contributed by atoms with E-state index in [1.807, 2.05) is 12.1 Å². The third-order valence-electron chi connectivity index (χ3n) is 6.25. The van der Waals surface area contributed by atoms with Crippen LogP contribution < -0.4 is 0 Å². The minimum absolute atomic E-state index is 0.222. The summed E-state index contributed by atoms with van der Waals surface area (Å²) in [6.07, 6.45) is 7.09. The summed E-state index contributed by atoms with van der Waals surface area (Å²) in [5, 5.41) is 10.0. The van der Waals surface area contributed by atoms with Crippen LogP contribution in [0.4, 0.5) is 0 Å². The first-order valence-electron chi connectivity index (χ1n) is 9.38. The van der Waals surface area contributed by atoms with Gasteiger partial charge in [-0.3, -0.25) is 0 Å². The molecule has 0 spiro atoms. The number of benzene rings is 2. The highest BCUT2D eigenvalue weighted by Crippen LogP contribution is 2.50. The Balaban J connectivity index is 1.65. The van der Waals surface area contributed by atoms with Crippen LogP contribution in [-0.4, -0.2) is 30.1 Å². The molecule has 0 radical (unpaired) electrons. The average molecular weight is 333 g/mol. The summed E-state index contributed by atoms with van der Waals surface area (Å²) in [5.74, 6) is 1.02. The molecule has 2 aromatic carbocycles. The van der Waals surface area contributed by atoms with Gasteiger partial charge in [-0.25, -0.2) is 0 Å². The van der Waals surface area contributed by atoms with Gasteiger partial charge in [-0.1, -0.05) is 54.1 Å². The first kappa shape index (κ1) is 16.4. The molecule has 0 aromatic heterocycles. The Morgan fingerprint density at radius 1 is 1.08 bits per heavy atom. The number of likely N-dealkylation sites (tertiary alicyclic amines) is 1. The van der Waals surface area contributed by atoms with Gasteiger partial charge >= 0.3 is 0 Å². The second kappa shape index (κ2) is 6.68. The standard InChI is InChI=1S/C23H27NO/c1-24-13-12-23(20-8-5-9-22(25)16-20)11-10-19(15-21(23)17-24)14-18-6-3-2-4-7-18/h2-9,14,16,21,25H,10-13,15,17H2,1H3/b19-14+. The number of rotatable bonds is 2. The topological polar surface area (TPSA) is 23.5 Å². The van der Waals surface area contributed by atoms with Crippen molar-refractivity contribution in [2.24, 2.45) is 5.92 Å². The molecule has 1 N–H and O–H groups in total. The Hall–Kier alpha value is -2.06. The molecule has 2 fully saturated rings. The van der Waals surface area contributed by atoms with Crippen molar-refractivity contribution in [1.82, 2.24) is 4.90 Å². The normalized spacial score (nSPS) is 28.7. The fourth-order valence-electron chi connectivity index (χ4n) is 4.88. The number of aromatic hydroxyl groups is 1. The number of hydrogen-bond donors (Lipinski definition) is 1. The number of hydrogen-bond acceptors (Lipinski definition) is 2. The van der Waals surface area contributed by atoms with Crippen molar-refractivity contribution in [1.29, 1.82) is 0 Å². The average Bonchev–Trinajstić information content (AvgIpc) is 2.62. The predicted molar refractivity (Wildman–Crippen MR) is 104 cm³/mol. The third-order valence-corrected chi connectivity index (χ3v) is 6.25. The molecule has 1 aliphatic heterocycles. The number of piperidine rings is 1. The van der Waals surface area contributed by atoms with Gasteiger partial charge < -0.3 is 10.0 Å². The molecule has 2 atom stereocenters. The van der Waals surface area contributed by atoms with Crippen molar-refractivity contribution in [3.05, 3.63) is 71.3 Å². The summed E-state index contributed by atoms with van der Waals surface area (Å²) in [7, 11) is 2.24. The van der Waals surface area contributed by atoms with Crippen LogP contribution in [0.1, 0.15) is 36.8 Å². The molecule has 2 unspecified atom stereocenters. The molecule has 25 heavy (non-hydrogen) atoms. The van der Waals surface area contributed by atoms with E-state index in [0.29, 0.717) is 11.7 Å². The van der Waals surface area contributed by atoms with Crippen LogP contribution in [0, 0.1) is 5.92 Å². The Labute approximate surface area is 150 Å². The monoisotopic (exact) mass is 333 g/mol. The minimum atomic E-state index is 0.222. The minimum Gasteiger partial charge on any atom is -0.508 e. The Morgan fingerprint density at radius 2 is 1.92 bits per heavy atom. The number of fused-ring (bicyclic) bond motifs is 1. The van der Waals surface area contributed by atoms with Gasteiger partial charge in [-0.2, -0.15) is 0 Å². The largest absolute Gasteiger partial charge is 0.508 e. The lowest BCUT2D eigenvalue weighted by Gasteiger charge is -2.51. The molecule has 2 aromatic rings. The van der Waals surface area contributed by atoms with Crippen LogP contribution in [0.25, 0.3) is 6.08 Å². The van der Waals surface area contributed by atoms with Gasteiger partial charge in [0.2, 0.25) is 0 Å². The quantitative estimate of drug-likeness (QED) is 0.849. The summed E-state index contributed by atoms with van der Waals surface area (Å²) < 4.78 is 0. The highest BCUT2D eigenvalue weighted by atomic mass is 16.3. The fourth-order valence-corrected chi connectivity index (χ4v) is 4.88. The Morgan fingerprint density at radius 3 is 2.72 bits per heavy atom. The van der Waals surface area contributed by atoms with Gasteiger partial charge in [0.05, 0.1) is 0 Å². The van der Waals surface area contributed by atoms with E-state index >= 15 is 0 Å². The van der Waals surface area contributed by atoms with Crippen molar-refractivity contribution < 1.29 is 5.11 Å². The SMILES string of the molecule is CN1CCC2(c3cccc(O)c3)CC/C(=C\c3ccccc3)CC2C1. The smallest absolute Gasteiger partial charge is 0.115 e. The Bertz CT molecular complexity index is 767. The molecule has 1 heterocycles. The molecule has 2 aliphatic rings. The number of phenols is 1. The molecule has 2 heteroatoms. The Kier molecular flexibility index (Phi) is 4.39. The molecule has 1 saturated heterocycles. The summed E-state index contributed by atoms with van der Waals surface area (Å²) >= 11 is 0. The first-order chi connectivity index (χ1) is 12.2. The van der Waals surface area contributed by atoms with Crippen molar-refractivity contribution in [2.75, 3.05) is 20.1 Å². The van der Waals surface area contributed by atoms with Crippen LogP contribution in [0.15, 0.2) is 60.2 Å². The maximum atomic E-state index is 10.0. The zero-order valence-electron chi connectivity index (χ0n) is 15.0. The van der Waals surface area contributed by atoms with E-state index in [9.17, 15) is 5.11 Å². The second-order valence-electron chi connectivity index (χ2n) is 7.83. The molecular weight excluding hydrogens is 306 g/mol. The molecule has 4 rings (SSSR count). The highest BCUT2D eigenvalue weighted by Gasteiger charge is 2.45. The zero-order valence-corrected chi connectivity index (χ0v) is 15.0. The van der Waals surface area contributed by atoms with E-state index in [1.165, 1.54) is 24.0 Å². The van der Waals surface area contributed by atoms with Gasteiger partial charge in [0.15, 0.2) is 0 Å². The van der Waals surface area contributed by atoms with Crippen LogP contribution in [0.5, 0.6) is 5.75 Å². The first-order valence-corrected chi connectivity index (χ1v) is 9.38. The third kappa shape index (κ3) is 3.23. The van der Waals surface area contributed by atoms with E-state index in [0.717, 1.165) is 25.9 Å². The van der Waals surface area contributed by atoms with Crippen molar-refractivity contribution >= 4 is 6.08 Å². The fraction of sp³-hybridized carbons (Fsp3) is 0.391. The number of phenolic OH excluding ortho intramolecular Hbond substituents is 1. The van der Waals surface area contributed by atoms with Crippen molar-refractivity contribution in [3.63, 3.8) is 0 Å². The van der Waals surface area contributed by atoms with Crippen molar-refractivity contribution in [3.8, 4) is 5.75 Å². The van der Waals surface area contributed by atoms with Crippen LogP contribution in [0.2, 0.25) is 0 Å².